The fourth-order valence-electron chi connectivity index (χ4n) is 2.98. The fourth-order valence-corrected chi connectivity index (χ4v) is 3.10. The number of para-hydroxylation sites is 2. The van der Waals surface area contributed by atoms with E-state index in [1.807, 2.05) is 12.1 Å². The zero-order chi connectivity index (χ0) is 18.5. The summed E-state index contributed by atoms with van der Waals surface area (Å²) in [4.78, 5) is 26.8. The minimum absolute atomic E-state index is 0.208. The third-order valence-corrected chi connectivity index (χ3v) is 4.53. The number of carbonyl (C=O) groups is 2. The van der Waals surface area contributed by atoms with Crippen LogP contribution in [0.15, 0.2) is 48.5 Å². The number of anilines is 2. The lowest BCUT2D eigenvalue weighted by Crippen LogP contribution is -2.45. The first-order chi connectivity index (χ1) is 12.6. The molecule has 0 spiro atoms. The van der Waals surface area contributed by atoms with Gasteiger partial charge in [-0.25, -0.2) is 4.79 Å². The number of urea groups is 1. The van der Waals surface area contributed by atoms with Crippen molar-refractivity contribution in [2.45, 2.75) is 18.9 Å². The van der Waals surface area contributed by atoms with Crippen molar-refractivity contribution >= 4 is 34.9 Å². The summed E-state index contributed by atoms with van der Waals surface area (Å²) in [5, 5.41) is 6.26. The SMILES string of the molecule is COc1ccccc1NC(=O)N1CCC[C@@H]1C(=O)Nc1ccc(Cl)cc1. The van der Waals surface area contributed by atoms with Crippen LogP contribution in [0, 0.1) is 0 Å². The highest BCUT2D eigenvalue weighted by Crippen LogP contribution is 2.26. The number of likely N-dealkylation sites (tertiary alicyclic amines) is 1. The second-order valence-corrected chi connectivity index (χ2v) is 6.41. The van der Waals surface area contributed by atoms with E-state index in [-0.39, 0.29) is 11.9 Å². The van der Waals surface area contributed by atoms with Gasteiger partial charge in [0.2, 0.25) is 5.91 Å². The molecule has 1 heterocycles. The van der Waals surface area contributed by atoms with Crippen LogP contribution in [0.1, 0.15) is 12.8 Å². The van der Waals surface area contributed by atoms with Crippen molar-refractivity contribution in [2.75, 3.05) is 24.3 Å². The van der Waals surface area contributed by atoms with Gasteiger partial charge in [-0.3, -0.25) is 4.79 Å². The summed E-state index contributed by atoms with van der Waals surface area (Å²) >= 11 is 5.86. The number of methoxy groups -OCH3 is 1. The Morgan fingerprint density at radius 2 is 1.85 bits per heavy atom. The summed E-state index contributed by atoms with van der Waals surface area (Å²) in [6.07, 6.45) is 1.40. The van der Waals surface area contributed by atoms with E-state index < -0.39 is 6.04 Å². The van der Waals surface area contributed by atoms with Crippen molar-refractivity contribution in [3.63, 3.8) is 0 Å². The van der Waals surface area contributed by atoms with Gasteiger partial charge in [-0.1, -0.05) is 23.7 Å². The number of amides is 3. The molecule has 2 aromatic carbocycles. The zero-order valence-corrected chi connectivity index (χ0v) is 15.1. The second-order valence-electron chi connectivity index (χ2n) is 5.98. The molecule has 0 bridgehead atoms. The summed E-state index contributed by atoms with van der Waals surface area (Å²) in [6, 6.07) is 13.2. The van der Waals surface area contributed by atoms with Gasteiger partial charge in [0.1, 0.15) is 11.8 Å². The molecular weight excluding hydrogens is 354 g/mol. The molecule has 2 N–H and O–H groups in total. The van der Waals surface area contributed by atoms with Crippen LogP contribution in [-0.2, 0) is 4.79 Å². The van der Waals surface area contributed by atoms with Crippen molar-refractivity contribution < 1.29 is 14.3 Å². The maximum absolute atomic E-state index is 12.7. The fraction of sp³-hybridized carbons (Fsp3) is 0.263. The highest BCUT2D eigenvalue weighted by Gasteiger charge is 2.34. The van der Waals surface area contributed by atoms with Gasteiger partial charge in [0.25, 0.3) is 0 Å². The molecule has 6 nitrogen and oxygen atoms in total. The molecular formula is C19H20ClN3O3. The van der Waals surface area contributed by atoms with E-state index in [1.165, 1.54) is 0 Å². The van der Waals surface area contributed by atoms with Crippen LogP contribution in [0.5, 0.6) is 5.75 Å². The molecule has 0 aliphatic carbocycles. The Bertz CT molecular complexity index is 795. The first-order valence-corrected chi connectivity index (χ1v) is 8.73. The molecule has 2 aromatic rings. The summed E-state index contributed by atoms with van der Waals surface area (Å²) in [7, 11) is 1.54. The van der Waals surface area contributed by atoms with Gasteiger partial charge in [-0.2, -0.15) is 0 Å². The molecule has 0 saturated carbocycles. The predicted octanol–water partition coefficient (Wildman–Crippen LogP) is 3.98. The number of rotatable bonds is 4. The van der Waals surface area contributed by atoms with Gasteiger partial charge < -0.3 is 20.3 Å². The maximum Gasteiger partial charge on any atom is 0.322 e. The average molecular weight is 374 g/mol. The van der Waals surface area contributed by atoms with E-state index in [4.69, 9.17) is 16.3 Å². The molecule has 3 rings (SSSR count). The van der Waals surface area contributed by atoms with E-state index in [2.05, 4.69) is 10.6 Å². The van der Waals surface area contributed by atoms with Gasteiger partial charge in [0, 0.05) is 17.3 Å². The molecule has 136 valence electrons. The van der Waals surface area contributed by atoms with Crippen molar-refractivity contribution in [3.8, 4) is 5.75 Å². The lowest BCUT2D eigenvalue weighted by atomic mass is 10.2. The lowest BCUT2D eigenvalue weighted by molar-refractivity contribution is -0.119. The first-order valence-electron chi connectivity index (χ1n) is 8.35. The highest BCUT2D eigenvalue weighted by atomic mass is 35.5. The summed E-state index contributed by atoms with van der Waals surface area (Å²) in [5.74, 6) is 0.363. The largest absolute Gasteiger partial charge is 0.495 e. The number of halogens is 1. The summed E-state index contributed by atoms with van der Waals surface area (Å²) in [5.41, 5.74) is 1.22. The molecule has 26 heavy (non-hydrogen) atoms. The van der Waals surface area contributed by atoms with Gasteiger partial charge in [-0.05, 0) is 49.2 Å². The monoisotopic (exact) mass is 373 g/mol. The van der Waals surface area contributed by atoms with Crippen LogP contribution in [0.25, 0.3) is 0 Å². The first kappa shape index (κ1) is 18.1. The van der Waals surface area contributed by atoms with Crippen molar-refractivity contribution in [1.29, 1.82) is 0 Å². The Hall–Kier alpha value is -2.73. The molecule has 1 fully saturated rings. The van der Waals surface area contributed by atoms with Crippen LogP contribution in [0.3, 0.4) is 0 Å². The standard InChI is InChI=1S/C19H20ClN3O3/c1-26-17-7-3-2-5-15(17)22-19(25)23-12-4-6-16(23)18(24)21-14-10-8-13(20)9-11-14/h2-3,5,7-11,16H,4,6,12H2,1H3,(H,21,24)(H,22,25)/t16-/m1/s1. The minimum Gasteiger partial charge on any atom is -0.495 e. The van der Waals surface area contributed by atoms with Crippen molar-refractivity contribution in [2.24, 2.45) is 0 Å². The third kappa shape index (κ3) is 4.08. The Balaban J connectivity index is 1.67. The lowest BCUT2D eigenvalue weighted by Gasteiger charge is -2.24. The van der Waals surface area contributed by atoms with Crippen LogP contribution < -0.4 is 15.4 Å². The predicted molar refractivity (Wildman–Crippen MR) is 102 cm³/mol. The number of hydrogen-bond acceptors (Lipinski definition) is 3. The summed E-state index contributed by atoms with van der Waals surface area (Å²) in [6.45, 7) is 0.527. The minimum atomic E-state index is -0.514. The number of nitrogens with zero attached hydrogens (tertiary/aromatic N) is 1. The molecule has 1 aliphatic heterocycles. The molecule has 1 atom stereocenters. The molecule has 0 radical (unpaired) electrons. The molecule has 1 saturated heterocycles. The van der Waals surface area contributed by atoms with E-state index in [0.717, 1.165) is 6.42 Å². The normalized spacial score (nSPS) is 16.2. The Kier molecular flexibility index (Phi) is 5.63. The highest BCUT2D eigenvalue weighted by molar-refractivity contribution is 6.30. The molecule has 0 aromatic heterocycles. The maximum atomic E-state index is 12.7. The van der Waals surface area contributed by atoms with E-state index >= 15 is 0 Å². The Morgan fingerprint density at radius 1 is 1.12 bits per heavy atom. The number of benzene rings is 2. The van der Waals surface area contributed by atoms with E-state index in [0.29, 0.717) is 35.1 Å². The van der Waals surface area contributed by atoms with Crippen LogP contribution in [0.4, 0.5) is 16.2 Å². The van der Waals surface area contributed by atoms with Gasteiger partial charge in [0.05, 0.1) is 12.8 Å². The van der Waals surface area contributed by atoms with Crippen LogP contribution in [0.2, 0.25) is 5.02 Å². The third-order valence-electron chi connectivity index (χ3n) is 4.28. The topological polar surface area (TPSA) is 70.7 Å². The molecule has 0 unspecified atom stereocenters. The number of ether oxygens (including phenoxy) is 1. The van der Waals surface area contributed by atoms with Crippen molar-refractivity contribution in [3.05, 3.63) is 53.6 Å². The quantitative estimate of drug-likeness (QED) is 0.851. The van der Waals surface area contributed by atoms with E-state index in [9.17, 15) is 9.59 Å². The van der Waals surface area contributed by atoms with E-state index in [1.54, 1.807) is 48.4 Å². The average Bonchev–Trinajstić information content (AvgIpc) is 3.14. The van der Waals surface area contributed by atoms with Gasteiger partial charge in [0.15, 0.2) is 0 Å². The smallest absolute Gasteiger partial charge is 0.322 e. The number of nitrogens with one attached hydrogen (secondary N) is 2. The van der Waals surface area contributed by atoms with Crippen molar-refractivity contribution in [1.82, 2.24) is 4.90 Å². The van der Waals surface area contributed by atoms with Gasteiger partial charge in [-0.15, -0.1) is 0 Å². The Morgan fingerprint density at radius 3 is 2.58 bits per heavy atom. The Labute approximate surface area is 157 Å². The molecule has 1 aliphatic rings. The van der Waals surface area contributed by atoms with Crippen LogP contribution in [-0.4, -0.2) is 36.5 Å². The number of carbonyl (C=O) groups excluding carboxylic acids is 2. The van der Waals surface area contributed by atoms with Gasteiger partial charge >= 0.3 is 6.03 Å². The molecule has 3 amide bonds. The van der Waals surface area contributed by atoms with Crippen LogP contribution >= 0.6 is 11.6 Å². The number of hydrogen-bond donors (Lipinski definition) is 2. The zero-order valence-electron chi connectivity index (χ0n) is 14.4. The second kappa shape index (κ2) is 8.10. The summed E-state index contributed by atoms with van der Waals surface area (Å²) < 4.78 is 5.25. The molecule has 7 heteroatoms.